The van der Waals surface area contributed by atoms with E-state index in [0.29, 0.717) is 31.6 Å². The van der Waals surface area contributed by atoms with Gasteiger partial charge < -0.3 is 33.8 Å². The highest BCUT2D eigenvalue weighted by atomic mass is 31.2. The van der Waals surface area contributed by atoms with Crippen molar-refractivity contribution in [2.75, 3.05) is 39.6 Å². The molecule has 0 aliphatic heterocycles. The minimum Gasteiger partial charge on any atom is -0.462 e. The van der Waals surface area contributed by atoms with Crippen molar-refractivity contribution in [3.05, 3.63) is 0 Å². The third-order valence-electron chi connectivity index (χ3n) is 16.7. The standard InChI is InChI=1S/C71H138O17P2/c1-8-10-11-35-45-52-68(73)81-58-66(87-71(76)55-48-41-34-28-30-37-43-50-63(5)6)60-85-89(77,78)83-56-65(72)57-84-90(79,80)86-61-67(59-82-69(74)53-46-39-32-26-23-22-24-29-36-42-49-62(3)4)88-70(75)54-47-40-33-27-21-19-17-15-13-12-14-16-18-20-25-31-38-44-51-64(7)9-2/h62-67,72H,8-61H2,1-7H3,(H,77,78)(H,79,80)/t64?,65-,66+,67+/m0/s1. The Labute approximate surface area is 549 Å². The van der Waals surface area contributed by atoms with Crippen LogP contribution < -0.4 is 0 Å². The number of esters is 4. The van der Waals surface area contributed by atoms with Gasteiger partial charge >= 0.3 is 39.5 Å². The predicted octanol–water partition coefficient (Wildman–Crippen LogP) is 20.2. The number of carbonyl (C=O) groups excluding carboxylic acids is 4. The maximum Gasteiger partial charge on any atom is 0.472 e. The molecule has 0 aromatic heterocycles. The fourth-order valence-corrected chi connectivity index (χ4v) is 12.3. The molecule has 0 bridgehead atoms. The Morgan fingerprint density at radius 1 is 0.322 bits per heavy atom. The van der Waals surface area contributed by atoms with Crippen LogP contribution in [0.1, 0.15) is 357 Å². The fraction of sp³-hybridized carbons (Fsp3) is 0.944. The van der Waals surface area contributed by atoms with Crippen molar-refractivity contribution in [1.29, 1.82) is 0 Å². The van der Waals surface area contributed by atoms with Gasteiger partial charge in [-0.3, -0.25) is 37.3 Å². The summed E-state index contributed by atoms with van der Waals surface area (Å²) in [5.41, 5.74) is 0. The number of phosphoric ester groups is 2. The molecule has 6 atom stereocenters. The van der Waals surface area contributed by atoms with Crippen molar-refractivity contribution < 1.29 is 80.2 Å². The summed E-state index contributed by atoms with van der Waals surface area (Å²) in [6.07, 6.45) is 46.4. The van der Waals surface area contributed by atoms with Crippen molar-refractivity contribution in [1.82, 2.24) is 0 Å². The Bertz CT molecular complexity index is 1770. The molecule has 0 saturated carbocycles. The zero-order valence-electron chi connectivity index (χ0n) is 58.6. The molecule has 3 N–H and O–H groups in total. The summed E-state index contributed by atoms with van der Waals surface area (Å²) in [5, 5.41) is 10.5. The van der Waals surface area contributed by atoms with E-state index in [1.165, 1.54) is 161 Å². The number of rotatable bonds is 69. The van der Waals surface area contributed by atoms with Gasteiger partial charge in [-0.05, 0) is 43.4 Å². The Morgan fingerprint density at radius 2 is 0.567 bits per heavy atom. The number of aliphatic hydroxyl groups excluding tert-OH is 1. The smallest absolute Gasteiger partial charge is 0.462 e. The molecule has 0 aliphatic rings. The van der Waals surface area contributed by atoms with Crippen LogP contribution in [0, 0.1) is 17.8 Å². The molecule has 0 fully saturated rings. The molecule has 534 valence electrons. The van der Waals surface area contributed by atoms with E-state index in [4.69, 9.17) is 37.0 Å². The molecule has 0 rings (SSSR count). The molecule has 90 heavy (non-hydrogen) atoms. The number of hydrogen-bond donors (Lipinski definition) is 3. The zero-order valence-corrected chi connectivity index (χ0v) is 60.4. The average molecular weight is 1330 g/mol. The Balaban J connectivity index is 5.10. The first-order chi connectivity index (χ1) is 43.3. The zero-order chi connectivity index (χ0) is 66.6. The number of aliphatic hydroxyl groups is 1. The first-order valence-electron chi connectivity index (χ1n) is 36.9. The lowest BCUT2D eigenvalue weighted by atomic mass is 9.99. The Hall–Kier alpha value is -1.94. The van der Waals surface area contributed by atoms with Crippen LogP contribution in [0.5, 0.6) is 0 Å². The van der Waals surface area contributed by atoms with E-state index in [9.17, 15) is 43.2 Å². The van der Waals surface area contributed by atoms with Gasteiger partial charge in [-0.15, -0.1) is 0 Å². The molecule has 0 aliphatic carbocycles. The van der Waals surface area contributed by atoms with Crippen LogP contribution in [0.25, 0.3) is 0 Å². The first-order valence-corrected chi connectivity index (χ1v) is 39.9. The van der Waals surface area contributed by atoms with Crippen LogP contribution in [-0.4, -0.2) is 96.7 Å². The van der Waals surface area contributed by atoms with E-state index in [1.54, 1.807) is 0 Å². The van der Waals surface area contributed by atoms with Crippen LogP contribution in [0.2, 0.25) is 0 Å². The number of unbranched alkanes of at least 4 members (excludes halogenated alkanes) is 36. The monoisotopic (exact) mass is 1320 g/mol. The molecule has 17 nitrogen and oxygen atoms in total. The van der Waals surface area contributed by atoms with Crippen molar-refractivity contribution >= 4 is 39.5 Å². The molecule has 0 aromatic carbocycles. The average Bonchev–Trinajstić information content (AvgIpc) is 2.88. The second-order valence-electron chi connectivity index (χ2n) is 26.8. The minimum absolute atomic E-state index is 0.102. The molecule has 0 heterocycles. The molecule has 0 spiro atoms. The quantitative estimate of drug-likeness (QED) is 0.0222. The normalized spacial score (nSPS) is 14.5. The highest BCUT2D eigenvalue weighted by Gasteiger charge is 2.30. The van der Waals surface area contributed by atoms with Gasteiger partial charge in [0.1, 0.15) is 19.3 Å². The minimum atomic E-state index is -4.95. The number of carbonyl (C=O) groups is 4. The van der Waals surface area contributed by atoms with Gasteiger partial charge in [-0.25, -0.2) is 9.13 Å². The molecule has 0 radical (unpaired) electrons. The number of phosphoric acid groups is 2. The van der Waals surface area contributed by atoms with Gasteiger partial charge in [0.2, 0.25) is 0 Å². The lowest BCUT2D eigenvalue weighted by Crippen LogP contribution is -2.30. The summed E-state index contributed by atoms with van der Waals surface area (Å²) < 4.78 is 68.0. The summed E-state index contributed by atoms with van der Waals surface area (Å²) in [6.45, 7) is 11.8. The molecule has 0 saturated heterocycles. The van der Waals surface area contributed by atoms with Crippen LogP contribution >= 0.6 is 15.6 Å². The summed E-state index contributed by atoms with van der Waals surface area (Å²) >= 11 is 0. The van der Waals surface area contributed by atoms with E-state index >= 15 is 0 Å². The van der Waals surface area contributed by atoms with Crippen LogP contribution in [0.15, 0.2) is 0 Å². The van der Waals surface area contributed by atoms with Crippen molar-refractivity contribution in [2.45, 2.75) is 375 Å². The highest BCUT2D eigenvalue weighted by Crippen LogP contribution is 2.45. The fourth-order valence-electron chi connectivity index (χ4n) is 10.7. The first kappa shape index (κ1) is 88.1. The largest absolute Gasteiger partial charge is 0.472 e. The molecule has 19 heteroatoms. The third kappa shape index (κ3) is 63.5. The molecular weight excluding hydrogens is 1190 g/mol. The van der Waals surface area contributed by atoms with Crippen molar-refractivity contribution in [3.63, 3.8) is 0 Å². The second kappa shape index (κ2) is 61.9. The maximum absolute atomic E-state index is 13.0. The topological polar surface area (TPSA) is 237 Å². The van der Waals surface area contributed by atoms with Gasteiger partial charge in [0.25, 0.3) is 0 Å². The summed E-state index contributed by atoms with van der Waals surface area (Å²) in [5.74, 6) is 0.186. The second-order valence-corrected chi connectivity index (χ2v) is 29.7. The van der Waals surface area contributed by atoms with Gasteiger partial charge in [-0.1, -0.05) is 305 Å². The summed E-state index contributed by atoms with van der Waals surface area (Å²) in [4.78, 5) is 72.2. The van der Waals surface area contributed by atoms with Crippen LogP contribution in [0.4, 0.5) is 0 Å². The van der Waals surface area contributed by atoms with E-state index in [0.717, 1.165) is 108 Å². The third-order valence-corrected chi connectivity index (χ3v) is 18.6. The molecular formula is C71H138O17P2. The van der Waals surface area contributed by atoms with Gasteiger partial charge in [0.05, 0.1) is 26.4 Å². The van der Waals surface area contributed by atoms with E-state index in [-0.39, 0.29) is 25.7 Å². The van der Waals surface area contributed by atoms with E-state index in [2.05, 4.69) is 48.5 Å². The van der Waals surface area contributed by atoms with Crippen molar-refractivity contribution in [3.8, 4) is 0 Å². The molecule has 3 unspecified atom stereocenters. The number of hydrogen-bond acceptors (Lipinski definition) is 15. The van der Waals surface area contributed by atoms with Crippen molar-refractivity contribution in [2.24, 2.45) is 17.8 Å². The van der Waals surface area contributed by atoms with Gasteiger partial charge in [0, 0.05) is 25.7 Å². The predicted molar refractivity (Wildman–Crippen MR) is 363 cm³/mol. The van der Waals surface area contributed by atoms with Gasteiger partial charge in [-0.2, -0.15) is 0 Å². The molecule has 0 aromatic rings. The molecule has 0 amide bonds. The van der Waals surface area contributed by atoms with E-state index in [1.807, 2.05) is 0 Å². The SMILES string of the molecule is CCCCCCCC(=O)OC[C@H](COP(=O)(O)OC[C@H](O)COP(=O)(O)OC[C@@H](COC(=O)CCCCCCCCCCCCC(C)C)OC(=O)CCCCCCCCCCCCCCCCCCCCC(C)CC)OC(=O)CCCCCCCCCC(C)C. The number of ether oxygens (including phenoxy) is 4. The Morgan fingerprint density at radius 3 is 0.844 bits per heavy atom. The summed E-state index contributed by atoms with van der Waals surface area (Å²) in [7, 11) is -9.89. The summed E-state index contributed by atoms with van der Waals surface area (Å²) in [6, 6.07) is 0. The lowest BCUT2D eigenvalue weighted by Gasteiger charge is -2.21. The van der Waals surface area contributed by atoms with Gasteiger partial charge in [0.15, 0.2) is 12.2 Å². The Kier molecular flexibility index (Phi) is 60.6. The van der Waals surface area contributed by atoms with E-state index < -0.39 is 97.5 Å². The highest BCUT2D eigenvalue weighted by molar-refractivity contribution is 7.47. The lowest BCUT2D eigenvalue weighted by molar-refractivity contribution is -0.161. The maximum atomic E-state index is 13.0. The van der Waals surface area contributed by atoms with Crippen LogP contribution in [0.3, 0.4) is 0 Å². The van der Waals surface area contributed by atoms with Crippen LogP contribution in [-0.2, 0) is 65.4 Å².